The zero-order chi connectivity index (χ0) is 7.49. The van der Waals surface area contributed by atoms with Crippen LogP contribution in [-0.2, 0) is 3.74 Å². The van der Waals surface area contributed by atoms with Crippen molar-refractivity contribution in [3.8, 4) is 0 Å². The van der Waals surface area contributed by atoms with Gasteiger partial charge in [0.15, 0.2) is 0 Å². The third-order valence-corrected chi connectivity index (χ3v) is 3.84. The van der Waals surface area contributed by atoms with E-state index in [0.717, 1.165) is 9.73 Å². The van der Waals surface area contributed by atoms with Crippen LogP contribution >= 0.6 is 23.2 Å². The Morgan fingerprint density at radius 2 is 2.11 bits per heavy atom. The van der Waals surface area contributed by atoms with Crippen molar-refractivity contribution in [3.63, 3.8) is 0 Å². The van der Waals surface area contributed by atoms with Gasteiger partial charge in [-0.1, -0.05) is 0 Å². The van der Waals surface area contributed by atoms with Crippen molar-refractivity contribution in [2.45, 2.75) is 0 Å². The molecule has 52 valence electrons. The molecule has 0 aromatic carbocycles. The van der Waals surface area contributed by atoms with Gasteiger partial charge in [0, 0.05) is 0 Å². The van der Waals surface area contributed by atoms with Gasteiger partial charge in [-0.25, -0.2) is 0 Å². The van der Waals surface area contributed by atoms with E-state index in [1.54, 1.807) is 0 Å². The molecule has 2 nitrogen and oxygen atoms in total. The fourth-order valence-corrected chi connectivity index (χ4v) is 2.45. The molecule has 0 aliphatic carbocycles. The predicted molar refractivity (Wildman–Crippen MR) is 38.6 cm³/mol. The van der Waals surface area contributed by atoms with E-state index in [0.29, 0.717) is 0 Å². The Bertz CT molecular complexity index is 183. The van der Waals surface area contributed by atoms with Crippen LogP contribution in [0.1, 0.15) is 0 Å². The Kier molecular flexibility index (Phi) is 3.67. The second-order valence-electron chi connectivity index (χ2n) is 1.27. The minimum absolute atomic E-state index is 0.195. The van der Waals surface area contributed by atoms with Crippen molar-refractivity contribution in [1.82, 2.24) is 0 Å². The normalized spacial score (nSPS) is 15.9. The van der Waals surface area contributed by atoms with Crippen LogP contribution in [-0.4, -0.2) is 17.9 Å². The third-order valence-electron chi connectivity index (χ3n) is 0.544. The summed E-state index contributed by atoms with van der Waals surface area (Å²) in [5, 5.41) is 0. The Hall–Kier alpha value is 0.378. The average Bonchev–Trinajstić information content (AvgIpc) is 1.63. The van der Waals surface area contributed by atoms with Crippen molar-refractivity contribution >= 4 is 37.0 Å². The molecule has 0 saturated heterocycles. The molecule has 1 atom stereocenters. The van der Waals surface area contributed by atoms with Gasteiger partial charge in [-0.05, 0) is 0 Å². The van der Waals surface area contributed by atoms with E-state index in [9.17, 15) is 3.74 Å². The summed E-state index contributed by atoms with van der Waals surface area (Å²) in [6.45, 7) is 3.14. The first-order valence-corrected chi connectivity index (χ1v) is 6.50. The van der Waals surface area contributed by atoms with Crippen LogP contribution in [0.4, 0.5) is 0 Å². The molecule has 1 N–H and O–H groups in total. The second-order valence-corrected chi connectivity index (χ2v) is 6.41. The Labute approximate surface area is 65.8 Å². The average molecular weight is 231 g/mol. The molecule has 0 heterocycles. The van der Waals surface area contributed by atoms with Crippen LogP contribution in [0.3, 0.4) is 0 Å². The summed E-state index contributed by atoms with van der Waals surface area (Å²) in [7, 11) is 0. The molecule has 0 saturated carbocycles. The number of hydrogen-bond donors (Lipinski definition) is 1. The first kappa shape index (κ1) is 9.38. The van der Waals surface area contributed by atoms with Gasteiger partial charge in [-0.3, -0.25) is 0 Å². The van der Waals surface area contributed by atoms with Gasteiger partial charge in [0.25, 0.3) is 0 Å². The standard InChI is InChI=1S/C4H5AsCl2O2/c1-2-5(8,9)3-4(6)7/h2-3H,1H2,(H,8,9). The maximum atomic E-state index is 10.6. The first-order chi connectivity index (χ1) is 3.98. The molecular formula is C4H5AsCl2O2. The first-order valence-electron chi connectivity index (χ1n) is 1.97. The topological polar surface area (TPSA) is 37.3 Å². The van der Waals surface area contributed by atoms with E-state index in [4.69, 9.17) is 27.3 Å². The van der Waals surface area contributed by atoms with Crippen molar-refractivity contribution in [2.24, 2.45) is 0 Å². The Morgan fingerprint density at radius 3 is 2.22 bits per heavy atom. The van der Waals surface area contributed by atoms with Gasteiger partial charge < -0.3 is 0 Å². The van der Waals surface area contributed by atoms with Gasteiger partial charge in [0.2, 0.25) is 0 Å². The summed E-state index contributed by atoms with van der Waals surface area (Å²) in [6, 6.07) is 0. The monoisotopic (exact) mass is 230 g/mol. The molecule has 5 heteroatoms. The SMILES string of the molecule is C=C[As](=O)(O)C=C(Cl)Cl. The summed E-state index contributed by atoms with van der Waals surface area (Å²) < 4.78 is 19.2. The van der Waals surface area contributed by atoms with E-state index in [1.807, 2.05) is 0 Å². The minimum atomic E-state index is -3.96. The quantitative estimate of drug-likeness (QED) is 0.730. The van der Waals surface area contributed by atoms with Gasteiger partial charge in [-0.2, -0.15) is 0 Å². The molecule has 0 radical (unpaired) electrons. The molecule has 0 amide bonds. The van der Waals surface area contributed by atoms with Gasteiger partial charge in [0.05, 0.1) is 0 Å². The second kappa shape index (κ2) is 3.52. The van der Waals surface area contributed by atoms with Crippen LogP contribution in [0.5, 0.6) is 0 Å². The number of hydrogen-bond acceptors (Lipinski definition) is 1. The number of halogens is 2. The summed E-state index contributed by atoms with van der Waals surface area (Å²) in [6.07, 6.45) is 0. The molecule has 0 fully saturated rings. The summed E-state index contributed by atoms with van der Waals surface area (Å²) in [5.74, 6) is 0. The molecule has 0 aliphatic heterocycles. The summed E-state index contributed by atoms with van der Waals surface area (Å²) in [4.78, 5) is 1.87. The molecule has 0 spiro atoms. The maximum absolute atomic E-state index is 10.6. The van der Waals surface area contributed by atoms with E-state index < -0.39 is 13.8 Å². The zero-order valence-electron chi connectivity index (χ0n) is 4.42. The van der Waals surface area contributed by atoms with Gasteiger partial charge >= 0.3 is 65.7 Å². The van der Waals surface area contributed by atoms with E-state index >= 15 is 0 Å². The molecule has 0 aromatic rings. The fraction of sp³-hybridized carbons (Fsp3) is 0. The van der Waals surface area contributed by atoms with Gasteiger partial charge in [-0.15, -0.1) is 0 Å². The summed E-state index contributed by atoms with van der Waals surface area (Å²) in [5.41, 5.74) is 0. The number of rotatable bonds is 2. The van der Waals surface area contributed by atoms with Crippen molar-refractivity contribution in [3.05, 3.63) is 20.8 Å². The Morgan fingerprint density at radius 1 is 1.67 bits per heavy atom. The van der Waals surface area contributed by atoms with Crippen LogP contribution in [0.15, 0.2) is 20.8 Å². The van der Waals surface area contributed by atoms with E-state index in [2.05, 4.69) is 6.58 Å². The van der Waals surface area contributed by atoms with Crippen LogP contribution in [0.2, 0.25) is 0 Å². The predicted octanol–water partition coefficient (Wildman–Crippen LogP) is 1.43. The zero-order valence-corrected chi connectivity index (χ0v) is 7.81. The molecular weight excluding hydrogens is 226 g/mol. The van der Waals surface area contributed by atoms with E-state index in [1.165, 1.54) is 0 Å². The molecule has 0 bridgehead atoms. The molecule has 0 aliphatic rings. The van der Waals surface area contributed by atoms with Crippen LogP contribution in [0.25, 0.3) is 0 Å². The summed E-state index contributed by atoms with van der Waals surface area (Å²) >= 11 is 6.24. The molecule has 9 heavy (non-hydrogen) atoms. The fourth-order valence-electron chi connectivity index (χ4n) is 0.193. The third kappa shape index (κ3) is 4.86. The Balaban J connectivity index is 4.38. The van der Waals surface area contributed by atoms with Crippen LogP contribution < -0.4 is 0 Å². The van der Waals surface area contributed by atoms with Gasteiger partial charge in [0.1, 0.15) is 0 Å². The van der Waals surface area contributed by atoms with E-state index in [-0.39, 0.29) is 4.49 Å². The van der Waals surface area contributed by atoms with Crippen molar-refractivity contribution in [1.29, 1.82) is 0 Å². The molecule has 1 unspecified atom stereocenters. The van der Waals surface area contributed by atoms with Crippen LogP contribution in [0, 0.1) is 0 Å². The van der Waals surface area contributed by atoms with Crippen molar-refractivity contribution in [2.75, 3.05) is 0 Å². The molecule has 0 aromatic heterocycles. The van der Waals surface area contributed by atoms with Crippen molar-refractivity contribution < 1.29 is 7.84 Å². The molecule has 0 rings (SSSR count).